The van der Waals surface area contributed by atoms with Crippen molar-refractivity contribution in [3.05, 3.63) is 34.3 Å². The molecule has 0 radical (unpaired) electrons. The van der Waals surface area contributed by atoms with Crippen LogP contribution in [0.15, 0.2) is 28.7 Å². The molecule has 0 aliphatic heterocycles. The van der Waals surface area contributed by atoms with Crippen molar-refractivity contribution in [2.24, 2.45) is 0 Å². The number of amides is 2. The first-order chi connectivity index (χ1) is 9.48. The van der Waals surface area contributed by atoms with Crippen LogP contribution < -0.4 is 5.32 Å². The van der Waals surface area contributed by atoms with Gasteiger partial charge in [0.1, 0.15) is 0 Å². The molecule has 2 rings (SSSR count). The van der Waals surface area contributed by atoms with E-state index in [2.05, 4.69) is 33.4 Å². The number of urea groups is 1. The first kappa shape index (κ1) is 15.3. The average Bonchev–Trinajstić information content (AvgIpc) is 3.24. The number of benzene rings is 1. The molecule has 1 fully saturated rings. The fourth-order valence-corrected chi connectivity index (χ4v) is 2.63. The zero-order valence-electron chi connectivity index (χ0n) is 11.9. The van der Waals surface area contributed by atoms with Gasteiger partial charge >= 0.3 is 6.03 Å². The van der Waals surface area contributed by atoms with Crippen LogP contribution in [-0.2, 0) is 5.41 Å². The summed E-state index contributed by atoms with van der Waals surface area (Å²) in [6, 6.07) is 7.98. The molecule has 1 saturated carbocycles. The summed E-state index contributed by atoms with van der Waals surface area (Å²) in [5.41, 5.74) is 1.35. The molecule has 5 heteroatoms. The van der Waals surface area contributed by atoms with Crippen LogP contribution in [0.2, 0.25) is 0 Å². The number of hydrogen-bond acceptors (Lipinski definition) is 2. The second kappa shape index (κ2) is 6.14. The van der Waals surface area contributed by atoms with Crippen molar-refractivity contribution < 1.29 is 9.90 Å². The topological polar surface area (TPSA) is 52.6 Å². The molecule has 0 spiro atoms. The summed E-state index contributed by atoms with van der Waals surface area (Å²) < 4.78 is 1.07. The number of carbonyl (C=O) groups excluding carboxylic acids is 1. The Morgan fingerprint density at radius 1 is 1.55 bits per heavy atom. The predicted octanol–water partition coefficient (Wildman–Crippen LogP) is 2.50. The maximum atomic E-state index is 12.0. The summed E-state index contributed by atoms with van der Waals surface area (Å²) in [4.78, 5) is 13.5. The van der Waals surface area contributed by atoms with E-state index >= 15 is 0 Å². The standard InChI is InChI=1S/C15H21BrN2O2/c1-11(9-19)18(2)14(20)17-10-15(6-7-15)12-4-3-5-13(16)8-12/h3-5,8,11,19H,6-7,9-10H2,1-2H3,(H,17,20)/t11-/m0/s1. The van der Waals surface area contributed by atoms with Crippen molar-refractivity contribution in [1.82, 2.24) is 10.2 Å². The molecule has 20 heavy (non-hydrogen) atoms. The van der Waals surface area contributed by atoms with Gasteiger partial charge in [-0.1, -0.05) is 28.1 Å². The highest BCUT2D eigenvalue weighted by molar-refractivity contribution is 9.10. The van der Waals surface area contributed by atoms with Gasteiger partial charge in [-0.25, -0.2) is 4.79 Å². The van der Waals surface area contributed by atoms with Crippen LogP contribution in [0.1, 0.15) is 25.3 Å². The molecule has 0 unspecified atom stereocenters. The van der Waals surface area contributed by atoms with Crippen LogP contribution in [0.5, 0.6) is 0 Å². The van der Waals surface area contributed by atoms with Gasteiger partial charge in [-0.2, -0.15) is 0 Å². The Kier molecular flexibility index (Phi) is 4.70. The van der Waals surface area contributed by atoms with Crippen LogP contribution >= 0.6 is 15.9 Å². The number of nitrogens with zero attached hydrogens (tertiary/aromatic N) is 1. The van der Waals surface area contributed by atoms with E-state index in [1.807, 2.05) is 19.1 Å². The normalized spacial score (nSPS) is 17.4. The van der Waals surface area contributed by atoms with Gasteiger partial charge < -0.3 is 15.3 Å². The molecule has 1 atom stereocenters. The highest BCUT2D eigenvalue weighted by Gasteiger charge is 2.44. The molecule has 1 aromatic rings. The third-order valence-corrected chi connectivity index (χ3v) is 4.61. The van der Waals surface area contributed by atoms with Crippen LogP contribution in [0, 0.1) is 0 Å². The number of aliphatic hydroxyl groups is 1. The molecular weight excluding hydrogens is 320 g/mol. The second-order valence-electron chi connectivity index (χ2n) is 5.59. The first-order valence-electron chi connectivity index (χ1n) is 6.86. The van der Waals surface area contributed by atoms with Gasteiger partial charge in [0.2, 0.25) is 0 Å². The van der Waals surface area contributed by atoms with Gasteiger partial charge in [0, 0.05) is 23.5 Å². The second-order valence-corrected chi connectivity index (χ2v) is 6.51. The van der Waals surface area contributed by atoms with Gasteiger partial charge in [-0.3, -0.25) is 0 Å². The Bertz CT molecular complexity index is 489. The third-order valence-electron chi connectivity index (χ3n) is 4.11. The van der Waals surface area contributed by atoms with E-state index in [0.717, 1.165) is 17.3 Å². The molecule has 0 bridgehead atoms. The highest BCUT2D eigenvalue weighted by atomic mass is 79.9. The lowest BCUT2D eigenvalue weighted by Crippen LogP contribution is -2.45. The highest BCUT2D eigenvalue weighted by Crippen LogP contribution is 2.48. The number of halogens is 1. The van der Waals surface area contributed by atoms with E-state index in [1.54, 1.807) is 7.05 Å². The number of aliphatic hydroxyl groups excluding tert-OH is 1. The third kappa shape index (κ3) is 3.33. The summed E-state index contributed by atoms with van der Waals surface area (Å²) in [7, 11) is 1.70. The minimum Gasteiger partial charge on any atom is -0.394 e. The molecule has 2 amide bonds. The van der Waals surface area contributed by atoms with Gasteiger partial charge in [-0.15, -0.1) is 0 Å². The van der Waals surface area contributed by atoms with Crippen molar-refractivity contribution in [3.8, 4) is 0 Å². The summed E-state index contributed by atoms with van der Waals surface area (Å²) in [6.45, 7) is 2.44. The van der Waals surface area contributed by atoms with E-state index in [-0.39, 0.29) is 24.1 Å². The van der Waals surface area contributed by atoms with Gasteiger partial charge in [0.05, 0.1) is 12.6 Å². The van der Waals surface area contributed by atoms with Crippen LogP contribution in [0.3, 0.4) is 0 Å². The summed E-state index contributed by atoms with van der Waals surface area (Å²) in [5.74, 6) is 0. The maximum Gasteiger partial charge on any atom is 0.317 e. The Labute approximate surface area is 128 Å². The number of hydrogen-bond donors (Lipinski definition) is 2. The number of nitrogens with one attached hydrogen (secondary N) is 1. The summed E-state index contributed by atoms with van der Waals surface area (Å²) in [6.07, 6.45) is 2.20. The molecule has 0 saturated heterocycles. The van der Waals surface area contributed by atoms with Gasteiger partial charge in [0.25, 0.3) is 0 Å². The zero-order valence-corrected chi connectivity index (χ0v) is 13.5. The monoisotopic (exact) mass is 340 g/mol. The fraction of sp³-hybridized carbons (Fsp3) is 0.533. The van der Waals surface area contributed by atoms with Gasteiger partial charge in [-0.05, 0) is 37.5 Å². The van der Waals surface area contributed by atoms with E-state index in [9.17, 15) is 4.79 Å². The predicted molar refractivity (Wildman–Crippen MR) is 82.8 cm³/mol. The SMILES string of the molecule is C[C@@H](CO)N(C)C(=O)NCC1(c2cccc(Br)c2)CC1. The molecule has 0 aromatic heterocycles. The van der Waals surface area contributed by atoms with Crippen molar-refractivity contribution in [3.63, 3.8) is 0 Å². The molecular formula is C15H21BrN2O2. The van der Waals surface area contributed by atoms with E-state index in [0.29, 0.717) is 6.54 Å². The Balaban J connectivity index is 1.95. The van der Waals surface area contributed by atoms with Crippen LogP contribution in [-0.4, -0.2) is 42.3 Å². The molecule has 4 nitrogen and oxygen atoms in total. The number of likely N-dealkylation sites (N-methyl/N-ethyl adjacent to an activating group) is 1. The first-order valence-corrected chi connectivity index (χ1v) is 7.65. The van der Waals surface area contributed by atoms with Crippen LogP contribution in [0.4, 0.5) is 4.79 Å². The lowest BCUT2D eigenvalue weighted by atomic mass is 9.96. The van der Waals surface area contributed by atoms with Crippen molar-refractivity contribution in [2.45, 2.75) is 31.2 Å². The lowest BCUT2D eigenvalue weighted by molar-refractivity contribution is 0.157. The fourth-order valence-electron chi connectivity index (χ4n) is 2.23. The Morgan fingerprint density at radius 2 is 2.25 bits per heavy atom. The summed E-state index contributed by atoms with van der Waals surface area (Å²) in [5, 5.41) is 12.1. The number of carbonyl (C=O) groups is 1. The molecule has 1 aliphatic carbocycles. The Morgan fingerprint density at radius 3 is 2.80 bits per heavy atom. The quantitative estimate of drug-likeness (QED) is 0.865. The smallest absolute Gasteiger partial charge is 0.317 e. The van der Waals surface area contributed by atoms with Crippen LogP contribution in [0.25, 0.3) is 0 Å². The van der Waals surface area contributed by atoms with Crippen molar-refractivity contribution in [1.29, 1.82) is 0 Å². The molecule has 1 aromatic carbocycles. The minimum absolute atomic E-state index is 0.0271. The zero-order chi connectivity index (χ0) is 14.8. The van der Waals surface area contributed by atoms with E-state index in [4.69, 9.17) is 5.11 Å². The summed E-state index contributed by atoms with van der Waals surface area (Å²) >= 11 is 3.49. The Hall–Kier alpha value is -1.07. The number of rotatable bonds is 5. The van der Waals surface area contributed by atoms with Crippen molar-refractivity contribution >= 4 is 22.0 Å². The van der Waals surface area contributed by atoms with Gasteiger partial charge in [0.15, 0.2) is 0 Å². The minimum atomic E-state index is -0.170. The van der Waals surface area contributed by atoms with E-state index in [1.165, 1.54) is 10.5 Å². The molecule has 110 valence electrons. The largest absolute Gasteiger partial charge is 0.394 e. The maximum absolute atomic E-state index is 12.0. The van der Waals surface area contributed by atoms with Crippen molar-refractivity contribution in [2.75, 3.05) is 20.2 Å². The lowest BCUT2D eigenvalue weighted by Gasteiger charge is -2.25. The molecule has 2 N–H and O–H groups in total. The molecule has 1 aliphatic rings. The molecule has 0 heterocycles. The van der Waals surface area contributed by atoms with E-state index < -0.39 is 0 Å². The average molecular weight is 341 g/mol.